The summed E-state index contributed by atoms with van der Waals surface area (Å²) in [5.74, 6) is -0.0883. The van der Waals surface area contributed by atoms with Crippen LogP contribution in [0.5, 0.6) is 0 Å². The first-order valence-corrected chi connectivity index (χ1v) is 10.1. The molecule has 0 atom stereocenters. The number of piperazine rings is 1. The molecule has 0 aliphatic carbocycles. The smallest absolute Gasteiger partial charge is 0.302 e. The summed E-state index contributed by atoms with van der Waals surface area (Å²) in [6.45, 7) is 9.19. The molecule has 2 aliphatic rings. The SMILES string of the molecule is CC(C)N1C(=O)CN(CN2CCN(Cc3cccc4ccccc34)CC2)C1=O. The van der Waals surface area contributed by atoms with Gasteiger partial charge < -0.3 is 4.90 Å². The van der Waals surface area contributed by atoms with Crippen LogP contribution in [0.2, 0.25) is 0 Å². The minimum Gasteiger partial charge on any atom is -0.302 e. The van der Waals surface area contributed by atoms with Gasteiger partial charge in [-0.2, -0.15) is 0 Å². The fourth-order valence-corrected chi connectivity index (χ4v) is 4.19. The van der Waals surface area contributed by atoms with Crippen molar-refractivity contribution in [2.45, 2.75) is 26.4 Å². The predicted octanol–water partition coefficient (Wildman–Crippen LogP) is 2.59. The van der Waals surface area contributed by atoms with Crippen LogP contribution in [-0.2, 0) is 11.3 Å². The fraction of sp³-hybridized carbons (Fsp3) is 0.455. The monoisotopic (exact) mass is 380 g/mol. The van der Waals surface area contributed by atoms with Crippen molar-refractivity contribution < 1.29 is 9.59 Å². The topological polar surface area (TPSA) is 47.1 Å². The van der Waals surface area contributed by atoms with Gasteiger partial charge >= 0.3 is 6.03 Å². The maximum atomic E-state index is 12.5. The summed E-state index contributed by atoms with van der Waals surface area (Å²) in [7, 11) is 0. The van der Waals surface area contributed by atoms with Crippen LogP contribution in [0.3, 0.4) is 0 Å². The second kappa shape index (κ2) is 7.89. The molecule has 28 heavy (non-hydrogen) atoms. The summed E-state index contributed by atoms with van der Waals surface area (Å²) >= 11 is 0. The van der Waals surface area contributed by atoms with E-state index >= 15 is 0 Å². The zero-order valence-corrected chi connectivity index (χ0v) is 16.7. The Kier molecular flexibility index (Phi) is 5.33. The Balaban J connectivity index is 1.33. The maximum absolute atomic E-state index is 12.5. The van der Waals surface area contributed by atoms with E-state index in [-0.39, 0.29) is 24.5 Å². The number of amides is 3. The lowest BCUT2D eigenvalue weighted by atomic mass is 10.0. The van der Waals surface area contributed by atoms with Gasteiger partial charge in [0, 0.05) is 38.8 Å². The zero-order chi connectivity index (χ0) is 19.7. The van der Waals surface area contributed by atoms with Gasteiger partial charge in [0.15, 0.2) is 0 Å². The number of nitrogens with zero attached hydrogens (tertiary/aromatic N) is 4. The summed E-state index contributed by atoms with van der Waals surface area (Å²) < 4.78 is 0. The quantitative estimate of drug-likeness (QED) is 0.748. The number of hydrogen-bond acceptors (Lipinski definition) is 4. The molecule has 2 heterocycles. The van der Waals surface area contributed by atoms with E-state index < -0.39 is 0 Å². The number of fused-ring (bicyclic) bond motifs is 1. The third kappa shape index (κ3) is 3.75. The van der Waals surface area contributed by atoms with Gasteiger partial charge in [0.2, 0.25) is 0 Å². The van der Waals surface area contributed by atoms with E-state index in [4.69, 9.17) is 0 Å². The van der Waals surface area contributed by atoms with E-state index in [1.54, 1.807) is 4.90 Å². The lowest BCUT2D eigenvalue weighted by Crippen LogP contribution is -2.50. The molecule has 4 rings (SSSR count). The molecular weight excluding hydrogens is 352 g/mol. The number of imide groups is 1. The van der Waals surface area contributed by atoms with Gasteiger partial charge in [0.1, 0.15) is 6.54 Å². The number of carbonyl (C=O) groups is 2. The van der Waals surface area contributed by atoms with Crippen LogP contribution < -0.4 is 0 Å². The average molecular weight is 380 g/mol. The molecular formula is C22H28N4O2. The number of benzene rings is 2. The Morgan fingerprint density at radius 3 is 2.29 bits per heavy atom. The summed E-state index contributed by atoms with van der Waals surface area (Å²) in [5.41, 5.74) is 1.36. The van der Waals surface area contributed by atoms with Crippen LogP contribution in [0.4, 0.5) is 4.79 Å². The van der Waals surface area contributed by atoms with Crippen LogP contribution in [0.15, 0.2) is 42.5 Å². The Bertz CT molecular complexity index is 868. The van der Waals surface area contributed by atoms with Crippen LogP contribution >= 0.6 is 0 Å². The van der Waals surface area contributed by atoms with Crippen molar-refractivity contribution in [3.63, 3.8) is 0 Å². The lowest BCUT2D eigenvalue weighted by molar-refractivity contribution is -0.126. The van der Waals surface area contributed by atoms with Gasteiger partial charge in [-0.15, -0.1) is 0 Å². The highest BCUT2D eigenvalue weighted by atomic mass is 16.2. The first kappa shape index (κ1) is 18.9. The summed E-state index contributed by atoms with van der Waals surface area (Å²) in [6, 6.07) is 14.8. The average Bonchev–Trinajstić information content (AvgIpc) is 2.97. The third-order valence-corrected chi connectivity index (χ3v) is 5.70. The minimum absolute atomic E-state index is 0.0810. The molecule has 0 saturated carbocycles. The second-order valence-corrected chi connectivity index (χ2v) is 8.01. The molecule has 0 spiro atoms. The van der Waals surface area contributed by atoms with E-state index in [2.05, 4.69) is 52.3 Å². The molecule has 2 aromatic carbocycles. The molecule has 0 unspecified atom stereocenters. The van der Waals surface area contributed by atoms with Crippen molar-refractivity contribution in [2.75, 3.05) is 39.4 Å². The van der Waals surface area contributed by atoms with Crippen LogP contribution in [0, 0.1) is 0 Å². The van der Waals surface area contributed by atoms with Crippen molar-refractivity contribution >= 4 is 22.7 Å². The highest BCUT2D eigenvalue weighted by Crippen LogP contribution is 2.21. The maximum Gasteiger partial charge on any atom is 0.328 e. The Morgan fingerprint density at radius 1 is 0.893 bits per heavy atom. The van der Waals surface area contributed by atoms with Gasteiger partial charge in [-0.25, -0.2) is 4.79 Å². The molecule has 0 radical (unpaired) electrons. The largest absolute Gasteiger partial charge is 0.328 e. The van der Waals surface area contributed by atoms with Crippen LogP contribution in [0.1, 0.15) is 19.4 Å². The zero-order valence-electron chi connectivity index (χ0n) is 16.7. The normalized spacial score (nSPS) is 19.4. The molecule has 6 heteroatoms. The second-order valence-electron chi connectivity index (χ2n) is 8.01. The minimum atomic E-state index is -0.154. The highest BCUT2D eigenvalue weighted by molar-refractivity contribution is 6.02. The molecule has 0 bridgehead atoms. The van der Waals surface area contributed by atoms with Gasteiger partial charge in [0.25, 0.3) is 5.91 Å². The van der Waals surface area contributed by atoms with E-state index in [0.717, 1.165) is 32.7 Å². The first-order chi connectivity index (χ1) is 13.5. The van der Waals surface area contributed by atoms with E-state index in [1.807, 2.05) is 13.8 Å². The van der Waals surface area contributed by atoms with Crippen molar-refractivity contribution in [3.8, 4) is 0 Å². The third-order valence-electron chi connectivity index (χ3n) is 5.70. The van der Waals surface area contributed by atoms with E-state index in [0.29, 0.717) is 6.67 Å². The van der Waals surface area contributed by atoms with Crippen molar-refractivity contribution in [2.24, 2.45) is 0 Å². The van der Waals surface area contributed by atoms with Crippen molar-refractivity contribution in [1.82, 2.24) is 19.6 Å². The standard InChI is InChI=1S/C22H28N4O2/c1-17(2)26-21(27)15-25(22(26)28)16-24-12-10-23(11-13-24)14-19-8-5-7-18-6-3-4-9-20(18)19/h3-9,17H,10-16H2,1-2H3. The molecule has 2 aromatic rings. The number of hydrogen-bond donors (Lipinski definition) is 0. The Morgan fingerprint density at radius 2 is 1.57 bits per heavy atom. The predicted molar refractivity (Wildman–Crippen MR) is 110 cm³/mol. The van der Waals surface area contributed by atoms with Gasteiger partial charge in [-0.1, -0.05) is 42.5 Å². The summed E-state index contributed by atoms with van der Waals surface area (Å²) in [4.78, 5) is 32.3. The van der Waals surface area contributed by atoms with Crippen molar-refractivity contribution in [1.29, 1.82) is 0 Å². The van der Waals surface area contributed by atoms with E-state index in [9.17, 15) is 9.59 Å². The summed E-state index contributed by atoms with van der Waals surface area (Å²) in [5, 5.41) is 2.60. The Hall–Kier alpha value is -2.44. The summed E-state index contributed by atoms with van der Waals surface area (Å²) in [6.07, 6.45) is 0. The van der Waals surface area contributed by atoms with Crippen LogP contribution in [-0.4, -0.2) is 77.0 Å². The number of carbonyl (C=O) groups excluding carboxylic acids is 2. The first-order valence-electron chi connectivity index (χ1n) is 10.1. The molecule has 0 N–H and O–H groups in total. The molecule has 3 amide bonds. The highest BCUT2D eigenvalue weighted by Gasteiger charge is 2.38. The molecule has 148 valence electrons. The fourth-order valence-electron chi connectivity index (χ4n) is 4.19. The molecule has 2 saturated heterocycles. The molecule has 2 aliphatic heterocycles. The number of rotatable bonds is 5. The molecule has 6 nitrogen and oxygen atoms in total. The molecule has 0 aromatic heterocycles. The van der Waals surface area contributed by atoms with Gasteiger partial charge in [-0.3, -0.25) is 19.5 Å². The lowest BCUT2D eigenvalue weighted by Gasteiger charge is -2.36. The van der Waals surface area contributed by atoms with Gasteiger partial charge in [-0.05, 0) is 30.2 Å². The van der Waals surface area contributed by atoms with Crippen LogP contribution in [0.25, 0.3) is 10.8 Å². The van der Waals surface area contributed by atoms with E-state index in [1.165, 1.54) is 21.2 Å². The number of urea groups is 1. The molecule has 2 fully saturated rings. The van der Waals surface area contributed by atoms with Crippen molar-refractivity contribution in [3.05, 3.63) is 48.0 Å². The Labute approximate surface area is 166 Å². The van der Waals surface area contributed by atoms with Gasteiger partial charge in [0.05, 0.1) is 6.67 Å².